The summed E-state index contributed by atoms with van der Waals surface area (Å²) < 4.78 is 7.83. The molecule has 1 heterocycles. The molecule has 0 fully saturated rings. The molecule has 0 saturated heterocycles. The van der Waals surface area contributed by atoms with Crippen molar-refractivity contribution in [2.75, 3.05) is 0 Å². The van der Waals surface area contributed by atoms with Crippen molar-refractivity contribution >= 4 is 43.1 Å². The second kappa shape index (κ2) is 8.68. The summed E-state index contributed by atoms with van der Waals surface area (Å²) in [6.45, 7) is 2.21. The molecule has 132 valence electrons. The number of benzene rings is 2. The van der Waals surface area contributed by atoms with Crippen LogP contribution in [0.25, 0.3) is 20.2 Å². The third-order valence-electron chi connectivity index (χ3n) is 4.36. The molecule has 0 N–H and O–H groups in total. The Hall–Kier alpha value is -1.58. The molecule has 3 aromatic rings. The van der Waals surface area contributed by atoms with Gasteiger partial charge in [0.25, 0.3) is 0 Å². The molecule has 1 atom stereocenters. The molecule has 0 bridgehead atoms. The van der Waals surface area contributed by atoms with Gasteiger partial charge in [0.05, 0.1) is 4.70 Å². The molecule has 2 aromatic carbocycles. The topological polar surface area (TPSA) is 26.3 Å². The van der Waals surface area contributed by atoms with Crippen molar-refractivity contribution < 1.29 is 4.74 Å². The average Bonchev–Trinajstić information content (AvgIpc) is 2.62. The number of rotatable bonds is 8. The van der Waals surface area contributed by atoms with Crippen molar-refractivity contribution in [2.45, 2.75) is 51.0 Å². The molecular formula is C21H23ClO2S. The second-order valence-corrected chi connectivity index (χ2v) is 7.83. The van der Waals surface area contributed by atoms with Crippen LogP contribution in [0.4, 0.5) is 0 Å². The summed E-state index contributed by atoms with van der Waals surface area (Å²) in [5.74, 6) is 0.707. The minimum absolute atomic E-state index is 0.0560. The maximum Gasteiger partial charge on any atom is 0.196 e. The molecule has 0 spiro atoms. The van der Waals surface area contributed by atoms with Crippen LogP contribution < -0.4 is 10.2 Å². The van der Waals surface area contributed by atoms with Crippen molar-refractivity contribution in [2.24, 2.45) is 0 Å². The summed E-state index contributed by atoms with van der Waals surface area (Å²) in [5, 5.41) is 1.46. The van der Waals surface area contributed by atoms with Gasteiger partial charge >= 0.3 is 0 Å². The summed E-state index contributed by atoms with van der Waals surface area (Å²) in [6, 6.07) is 13.3. The lowest BCUT2D eigenvalue weighted by Crippen LogP contribution is -2.09. The Morgan fingerprint density at radius 2 is 1.76 bits per heavy atom. The SMILES string of the molecule is CCCCCCCC(Cl)Oc1cccc2c(=O)c3ccccc3sc12. The number of unbranched alkanes of at least 4 members (excludes halogenated alkanes) is 4. The summed E-state index contributed by atoms with van der Waals surface area (Å²) in [4.78, 5) is 12.7. The highest BCUT2D eigenvalue weighted by Crippen LogP contribution is 2.33. The van der Waals surface area contributed by atoms with Crippen LogP contribution in [0.15, 0.2) is 47.3 Å². The van der Waals surface area contributed by atoms with Crippen LogP contribution in [-0.4, -0.2) is 5.56 Å². The predicted octanol–water partition coefficient (Wildman–Crippen LogP) is 6.72. The highest BCUT2D eigenvalue weighted by Gasteiger charge is 2.13. The lowest BCUT2D eigenvalue weighted by molar-refractivity contribution is 0.268. The fourth-order valence-corrected chi connectivity index (χ4v) is 4.37. The summed E-state index contributed by atoms with van der Waals surface area (Å²) >= 11 is 7.98. The predicted molar refractivity (Wildman–Crippen MR) is 109 cm³/mol. The Kier molecular flexibility index (Phi) is 6.33. The van der Waals surface area contributed by atoms with E-state index in [4.69, 9.17) is 16.3 Å². The smallest absolute Gasteiger partial charge is 0.196 e. The van der Waals surface area contributed by atoms with Crippen molar-refractivity contribution in [1.82, 2.24) is 0 Å². The van der Waals surface area contributed by atoms with E-state index in [1.807, 2.05) is 42.5 Å². The quantitative estimate of drug-likeness (QED) is 0.248. The zero-order valence-corrected chi connectivity index (χ0v) is 16.0. The van der Waals surface area contributed by atoms with Gasteiger partial charge < -0.3 is 4.74 Å². The zero-order valence-electron chi connectivity index (χ0n) is 14.5. The van der Waals surface area contributed by atoms with Gasteiger partial charge in [-0.15, -0.1) is 11.3 Å². The van der Waals surface area contributed by atoms with Crippen LogP contribution in [0.2, 0.25) is 0 Å². The Morgan fingerprint density at radius 3 is 2.60 bits per heavy atom. The highest BCUT2D eigenvalue weighted by molar-refractivity contribution is 7.24. The van der Waals surface area contributed by atoms with Gasteiger partial charge in [0.2, 0.25) is 0 Å². The van der Waals surface area contributed by atoms with Gasteiger partial charge in [0.1, 0.15) is 5.75 Å². The molecule has 0 aliphatic heterocycles. The van der Waals surface area contributed by atoms with E-state index in [1.165, 1.54) is 25.7 Å². The van der Waals surface area contributed by atoms with Crippen molar-refractivity contribution in [3.05, 3.63) is 52.7 Å². The molecule has 0 amide bonds. The monoisotopic (exact) mass is 374 g/mol. The van der Waals surface area contributed by atoms with Crippen molar-refractivity contribution in [1.29, 1.82) is 0 Å². The molecule has 0 aliphatic carbocycles. The third kappa shape index (κ3) is 4.34. The molecule has 3 rings (SSSR count). The molecular weight excluding hydrogens is 352 g/mol. The maximum atomic E-state index is 12.7. The van der Waals surface area contributed by atoms with Gasteiger partial charge in [-0.1, -0.05) is 62.4 Å². The van der Waals surface area contributed by atoms with Crippen LogP contribution in [-0.2, 0) is 0 Å². The fraction of sp³-hybridized carbons (Fsp3) is 0.381. The van der Waals surface area contributed by atoms with Gasteiger partial charge in [-0.2, -0.15) is 0 Å². The van der Waals surface area contributed by atoms with E-state index in [0.29, 0.717) is 11.1 Å². The average molecular weight is 375 g/mol. The number of alkyl halides is 1. The van der Waals surface area contributed by atoms with Crippen molar-refractivity contribution in [3.63, 3.8) is 0 Å². The zero-order chi connectivity index (χ0) is 17.6. The number of fused-ring (bicyclic) bond motifs is 2. The van der Waals surface area contributed by atoms with E-state index in [0.717, 1.165) is 27.6 Å². The summed E-state index contributed by atoms with van der Waals surface area (Å²) in [5.41, 5.74) is -0.304. The third-order valence-corrected chi connectivity index (χ3v) is 5.87. The van der Waals surface area contributed by atoms with Crippen LogP contribution in [0.1, 0.15) is 45.4 Å². The Labute approximate surface area is 157 Å². The molecule has 2 nitrogen and oxygen atoms in total. The van der Waals surface area contributed by atoms with Crippen LogP contribution in [0.5, 0.6) is 5.75 Å². The fourth-order valence-electron chi connectivity index (χ4n) is 3.00. The number of ether oxygens (including phenoxy) is 1. The normalized spacial score (nSPS) is 12.6. The Balaban J connectivity index is 1.81. The molecule has 25 heavy (non-hydrogen) atoms. The first-order valence-electron chi connectivity index (χ1n) is 8.96. The number of halogens is 1. The van der Waals surface area contributed by atoms with E-state index >= 15 is 0 Å². The van der Waals surface area contributed by atoms with Gasteiger partial charge in [0, 0.05) is 15.5 Å². The molecule has 0 aliphatic rings. The first-order valence-corrected chi connectivity index (χ1v) is 10.2. The first kappa shape index (κ1) is 18.2. The summed E-state index contributed by atoms with van der Waals surface area (Å²) in [6.07, 6.45) is 6.85. The molecule has 4 heteroatoms. The number of hydrogen-bond acceptors (Lipinski definition) is 3. The maximum absolute atomic E-state index is 12.7. The lowest BCUT2D eigenvalue weighted by atomic mass is 10.1. The van der Waals surface area contributed by atoms with E-state index in [1.54, 1.807) is 11.3 Å². The van der Waals surface area contributed by atoms with E-state index in [2.05, 4.69) is 6.92 Å². The van der Waals surface area contributed by atoms with Crippen LogP contribution in [0, 0.1) is 0 Å². The van der Waals surface area contributed by atoms with Gasteiger partial charge in [-0.05, 0) is 37.1 Å². The molecule has 0 saturated carbocycles. The standard InChI is InChI=1S/C21H23ClO2S/c1-2-3-4-5-6-14-19(22)24-17-12-9-11-16-20(23)15-10-7-8-13-18(15)25-21(16)17/h7-13,19H,2-6,14H2,1H3. The van der Waals surface area contributed by atoms with Gasteiger partial charge in [-0.25, -0.2) is 0 Å². The van der Waals surface area contributed by atoms with Crippen LogP contribution in [0.3, 0.4) is 0 Å². The highest BCUT2D eigenvalue weighted by atomic mass is 35.5. The van der Waals surface area contributed by atoms with E-state index < -0.39 is 0 Å². The summed E-state index contributed by atoms with van der Waals surface area (Å²) in [7, 11) is 0. The first-order chi connectivity index (χ1) is 12.2. The number of hydrogen-bond donors (Lipinski definition) is 0. The van der Waals surface area contributed by atoms with Crippen molar-refractivity contribution in [3.8, 4) is 5.75 Å². The second-order valence-electron chi connectivity index (χ2n) is 6.29. The Bertz CT molecular complexity index is 903. The minimum Gasteiger partial charge on any atom is -0.473 e. The minimum atomic E-state index is -0.360. The van der Waals surface area contributed by atoms with Gasteiger partial charge in [-0.3, -0.25) is 4.79 Å². The van der Waals surface area contributed by atoms with E-state index in [9.17, 15) is 4.79 Å². The Morgan fingerprint density at radius 1 is 1.00 bits per heavy atom. The largest absolute Gasteiger partial charge is 0.473 e. The van der Waals surface area contributed by atoms with Crippen LogP contribution >= 0.6 is 22.9 Å². The van der Waals surface area contributed by atoms with E-state index in [-0.39, 0.29) is 11.0 Å². The lowest BCUT2D eigenvalue weighted by Gasteiger charge is -2.14. The van der Waals surface area contributed by atoms with Gasteiger partial charge in [0.15, 0.2) is 11.0 Å². The molecule has 0 radical (unpaired) electrons. The molecule has 1 aromatic heterocycles. The molecule has 1 unspecified atom stereocenters.